The molecular weight excluding hydrogens is 1220 g/mol. The molecule has 0 aromatic heterocycles. The van der Waals surface area contributed by atoms with E-state index in [1.807, 2.05) is 6.08 Å². The summed E-state index contributed by atoms with van der Waals surface area (Å²) >= 11 is 0. The standard InChI is InChI=1S/C87H167NO10/c1-3-5-7-9-11-13-15-17-19-47-51-55-59-63-67-71-75-83(92)96-76-72-68-64-60-56-52-48-44-42-40-38-36-34-32-30-28-26-24-22-20-21-23-25-27-29-31-33-35-37-39-41-43-46-50-54-58-62-66-70-74-82(91)88-79(78-97-87-86(95)85(94)84(93)81(77-89)98-87)80(90)73-69-65-61-57-53-49-45-18-16-14-12-10-8-6-4-2/h20-21,69,73,79-81,84-87,89-90,93-95H,3-19,22-68,70-72,74-78H2,1-2H3,(H,88,91)/b21-20-,73-69+. The van der Waals surface area contributed by atoms with Gasteiger partial charge in [0.25, 0.3) is 0 Å². The number of amides is 1. The number of nitrogens with one attached hydrogen (secondary N) is 1. The predicted molar refractivity (Wildman–Crippen MR) is 417 cm³/mol. The van der Waals surface area contributed by atoms with Crippen LogP contribution >= 0.6 is 0 Å². The number of hydrogen-bond donors (Lipinski definition) is 6. The highest BCUT2D eigenvalue weighted by molar-refractivity contribution is 5.76. The third kappa shape index (κ3) is 63.8. The van der Waals surface area contributed by atoms with E-state index in [2.05, 4.69) is 31.3 Å². The van der Waals surface area contributed by atoms with Gasteiger partial charge in [-0.1, -0.05) is 411 Å². The number of rotatable bonds is 79. The van der Waals surface area contributed by atoms with Crippen molar-refractivity contribution in [2.24, 2.45) is 0 Å². The molecule has 1 aliphatic rings. The van der Waals surface area contributed by atoms with E-state index in [4.69, 9.17) is 14.2 Å². The van der Waals surface area contributed by atoms with Crippen LogP contribution in [0.25, 0.3) is 0 Å². The molecule has 580 valence electrons. The van der Waals surface area contributed by atoms with E-state index in [-0.39, 0.29) is 18.5 Å². The molecule has 7 atom stereocenters. The van der Waals surface area contributed by atoms with Gasteiger partial charge in [0.2, 0.25) is 5.91 Å². The van der Waals surface area contributed by atoms with Crippen LogP contribution < -0.4 is 5.32 Å². The topological polar surface area (TPSA) is 175 Å². The molecule has 1 heterocycles. The second-order valence-electron chi connectivity index (χ2n) is 30.6. The van der Waals surface area contributed by atoms with Crippen molar-refractivity contribution < 1.29 is 49.3 Å². The van der Waals surface area contributed by atoms with Crippen LogP contribution in [-0.4, -0.2) is 100 Å². The molecular formula is C87H167NO10. The fourth-order valence-electron chi connectivity index (χ4n) is 14.3. The SMILES string of the molecule is CCCCCCCCCCCCCCC/C=C/C(O)C(COC1OC(CO)C(O)C(O)C1O)NC(=O)CCCCCCCCCCCCCCCCCCC/C=C\CCCCCCCCCCCCCCCCCCCCOC(=O)CCCCCCCCCCCCCCCCCC. The second-order valence-corrected chi connectivity index (χ2v) is 30.6. The van der Waals surface area contributed by atoms with Gasteiger partial charge in [-0.25, -0.2) is 0 Å². The summed E-state index contributed by atoms with van der Waals surface area (Å²) in [5, 5.41) is 54.7. The van der Waals surface area contributed by atoms with E-state index in [0.717, 1.165) is 51.4 Å². The van der Waals surface area contributed by atoms with Crippen LogP contribution in [0.3, 0.4) is 0 Å². The fraction of sp³-hybridized carbons (Fsp3) is 0.931. The molecule has 0 aliphatic carbocycles. The molecule has 11 heteroatoms. The van der Waals surface area contributed by atoms with Gasteiger partial charge in [0.15, 0.2) is 6.29 Å². The Morgan fingerprint density at radius 2 is 0.653 bits per heavy atom. The number of allylic oxidation sites excluding steroid dienone is 3. The maximum absolute atomic E-state index is 13.1. The van der Waals surface area contributed by atoms with Crippen molar-refractivity contribution in [2.75, 3.05) is 19.8 Å². The first-order valence-corrected chi connectivity index (χ1v) is 43.6. The second kappa shape index (κ2) is 76.3. The molecule has 0 saturated carbocycles. The number of unbranched alkanes of at least 4 members (excludes halogenated alkanes) is 63. The summed E-state index contributed by atoms with van der Waals surface area (Å²) in [6, 6.07) is -0.807. The van der Waals surface area contributed by atoms with Crippen LogP contribution in [0.5, 0.6) is 0 Å². The molecule has 7 unspecified atom stereocenters. The zero-order valence-electron chi connectivity index (χ0n) is 65.0. The lowest BCUT2D eigenvalue weighted by molar-refractivity contribution is -0.302. The number of aliphatic hydroxyl groups is 5. The smallest absolute Gasteiger partial charge is 0.305 e. The fourth-order valence-corrected chi connectivity index (χ4v) is 14.3. The highest BCUT2D eigenvalue weighted by Crippen LogP contribution is 2.24. The molecule has 11 nitrogen and oxygen atoms in total. The Labute approximate surface area is 607 Å². The largest absolute Gasteiger partial charge is 0.466 e. The molecule has 1 rings (SSSR count). The summed E-state index contributed by atoms with van der Waals surface area (Å²) in [7, 11) is 0. The summed E-state index contributed by atoms with van der Waals surface area (Å²) in [5.41, 5.74) is 0. The number of ether oxygens (including phenoxy) is 3. The van der Waals surface area contributed by atoms with Gasteiger partial charge in [-0.2, -0.15) is 0 Å². The van der Waals surface area contributed by atoms with Crippen LogP contribution in [0.1, 0.15) is 457 Å². The van der Waals surface area contributed by atoms with Gasteiger partial charge in [-0.3, -0.25) is 9.59 Å². The van der Waals surface area contributed by atoms with E-state index >= 15 is 0 Å². The van der Waals surface area contributed by atoms with Gasteiger partial charge in [-0.15, -0.1) is 0 Å². The molecule has 1 fully saturated rings. The maximum Gasteiger partial charge on any atom is 0.305 e. The molecule has 0 aromatic carbocycles. The average molecular weight is 1390 g/mol. The van der Waals surface area contributed by atoms with E-state index < -0.39 is 49.5 Å². The van der Waals surface area contributed by atoms with Gasteiger partial charge in [-0.05, 0) is 57.8 Å². The normalized spacial score (nSPS) is 17.2. The monoisotopic (exact) mass is 1390 g/mol. The third-order valence-corrected chi connectivity index (χ3v) is 21.1. The zero-order valence-corrected chi connectivity index (χ0v) is 65.0. The lowest BCUT2D eigenvalue weighted by Gasteiger charge is -2.40. The van der Waals surface area contributed by atoms with Crippen molar-refractivity contribution in [3.8, 4) is 0 Å². The maximum atomic E-state index is 13.1. The number of carbonyl (C=O) groups is 2. The van der Waals surface area contributed by atoms with Crippen molar-refractivity contribution in [3.05, 3.63) is 24.3 Å². The number of carbonyl (C=O) groups excluding carboxylic acids is 2. The molecule has 0 radical (unpaired) electrons. The minimum absolute atomic E-state index is 0.0214. The van der Waals surface area contributed by atoms with Crippen LogP contribution in [0.4, 0.5) is 0 Å². The first kappa shape index (κ1) is 94.2. The minimum Gasteiger partial charge on any atom is -0.466 e. The van der Waals surface area contributed by atoms with Gasteiger partial charge in [0.05, 0.1) is 32.0 Å². The van der Waals surface area contributed by atoms with Crippen molar-refractivity contribution in [1.29, 1.82) is 0 Å². The van der Waals surface area contributed by atoms with Gasteiger partial charge in [0, 0.05) is 12.8 Å². The molecule has 6 N–H and O–H groups in total. The highest BCUT2D eigenvalue weighted by atomic mass is 16.7. The van der Waals surface area contributed by atoms with Gasteiger partial charge >= 0.3 is 5.97 Å². The minimum atomic E-state index is -1.57. The van der Waals surface area contributed by atoms with E-state index in [1.54, 1.807) is 6.08 Å². The number of esters is 1. The molecule has 98 heavy (non-hydrogen) atoms. The Balaban J connectivity index is 1.88. The van der Waals surface area contributed by atoms with Gasteiger partial charge in [0.1, 0.15) is 24.4 Å². The summed E-state index contributed by atoms with van der Waals surface area (Å²) < 4.78 is 16.8. The molecule has 1 aliphatic heterocycles. The highest BCUT2D eigenvalue weighted by Gasteiger charge is 2.44. The molecule has 0 bridgehead atoms. The van der Waals surface area contributed by atoms with E-state index in [1.165, 1.54) is 379 Å². The molecule has 0 aromatic rings. The summed E-state index contributed by atoms with van der Waals surface area (Å²) in [6.07, 6.45) is 89.5. The first-order valence-electron chi connectivity index (χ1n) is 43.6. The molecule has 0 spiro atoms. The molecule has 1 saturated heterocycles. The van der Waals surface area contributed by atoms with E-state index in [9.17, 15) is 35.1 Å². The van der Waals surface area contributed by atoms with Crippen molar-refractivity contribution in [3.63, 3.8) is 0 Å². The number of aliphatic hydroxyl groups excluding tert-OH is 5. The van der Waals surface area contributed by atoms with Crippen LogP contribution in [-0.2, 0) is 23.8 Å². The predicted octanol–water partition coefficient (Wildman–Crippen LogP) is 24.3. The van der Waals surface area contributed by atoms with Crippen LogP contribution in [0, 0.1) is 0 Å². The Hall–Kier alpha value is -1.86. The quantitative estimate of drug-likeness (QED) is 0.0195. The average Bonchev–Trinajstić information content (AvgIpc) is 0.823. The number of hydrogen-bond acceptors (Lipinski definition) is 10. The third-order valence-electron chi connectivity index (χ3n) is 21.1. The summed E-state index contributed by atoms with van der Waals surface area (Å²) in [4.78, 5) is 25.2. The molecule has 1 amide bonds. The Kier molecular flexibility index (Phi) is 73.3. The Morgan fingerprint density at radius 3 is 0.980 bits per heavy atom. The Morgan fingerprint density at radius 1 is 0.367 bits per heavy atom. The van der Waals surface area contributed by atoms with Crippen LogP contribution in [0.15, 0.2) is 24.3 Å². The van der Waals surface area contributed by atoms with Crippen molar-refractivity contribution in [2.45, 2.75) is 500 Å². The van der Waals surface area contributed by atoms with Gasteiger partial charge < -0.3 is 45.1 Å². The summed E-state index contributed by atoms with van der Waals surface area (Å²) in [6.45, 7) is 4.42. The zero-order chi connectivity index (χ0) is 70.8. The Bertz CT molecular complexity index is 1680. The lowest BCUT2D eigenvalue weighted by atomic mass is 9.99. The first-order chi connectivity index (χ1) is 48.2. The summed E-state index contributed by atoms with van der Waals surface area (Å²) in [5.74, 6) is -0.152. The van der Waals surface area contributed by atoms with Crippen molar-refractivity contribution >= 4 is 11.9 Å². The van der Waals surface area contributed by atoms with Crippen molar-refractivity contribution in [1.82, 2.24) is 5.32 Å². The van der Waals surface area contributed by atoms with E-state index in [0.29, 0.717) is 19.4 Å². The lowest BCUT2D eigenvalue weighted by Crippen LogP contribution is -2.60. The van der Waals surface area contributed by atoms with Crippen LogP contribution in [0.2, 0.25) is 0 Å².